The van der Waals surface area contributed by atoms with Crippen LogP contribution < -0.4 is 10.6 Å². The molecule has 0 bridgehead atoms. The summed E-state index contributed by atoms with van der Waals surface area (Å²) < 4.78 is 0. The fraction of sp³-hybridized carbons (Fsp3) is 0.350. The van der Waals surface area contributed by atoms with Crippen LogP contribution in [-0.4, -0.2) is 35.0 Å². The zero-order chi connectivity index (χ0) is 19.8. The predicted octanol–water partition coefficient (Wildman–Crippen LogP) is 2.70. The number of amides is 2. The van der Waals surface area contributed by atoms with Gasteiger partial charge in [0.1, 0.15) is 12.1 Å². The van der Waals surface area contributed by atoms with Gasteiger partial charge in [-0.05, 0) is 29.3 Å². The topological polar surface area (TPSA) is 95.5 Å². The van der Waals surface area contributed by atoms with Crippen molar-refractivity contribution in [3.8, 4) is 0 Å². The molecule has 27 heavy (non-hydrogen) atoms. The lowest BCUT2D eigenvalue weighted by atomic mass is 10.0. The van der Waals surface area contributed by atoms with Gasteiger partial charge in [-0.1, -0.05) is 50.2 Å². The van der Waals surface area contributed by atoms with Crippen molar-refractivity contribution in [2.24, 2.45) is 5.92 Å². The monoisotopic (exact) mass is 388 g/mol. The molecule has 2 aromatic rings. The Kier molecular flexibility index (Phi) is 7.55. The van der Waals surface area contributed by atoms with Crippen molar-refractivity contribution < 1.29 is 19.5 Å². The predicted molar refractivity (Wildman–Crippen MR) is 105 cm³/mol. The third-order valence-corrected chi connectivity index (χ3v) is 4.84. The van der Waals surface area contributed by atoms with Gasteiger partial charge >= 0.3 is 5.97 Å². The number of hydrogen-bond donors (Lipinski definition) is 3. The van der Waals surface area contributed by atoms with Gasteiger partial charge in [0.2, 0.25) is 5.91 Å². The summed E-state index contributed by atoms with van der Waals surface area (Å²) in [6, 6.07) is 10.9. The summed E-state index contributed by atoms with van der Waals surface area (Å²) in [5.74, 6) is -1.83. The first kappa shape index (κ1) is 20.6. The van der Waals surface area contributed by atoms with E-state index in [1.165, 1.54) is 11.3 Å². The molecule has 2 atom stereocenters. The maximum absolute atomic E-state index is 12.8. The molecule has 144 valence electrons. The normalized spacial score (nSPS) is 13.0. The van der Waals surface area contributed by atoms with Crippen LogP contribution in [0.2, 0.25) is 0 Å². The van der Waals surface area contributed by atoms with E-state index >= 15 is 0 Å². The minimum Gasteiger partial charge on any atom is -0.480 e. The molecule has 0 radical (unpaired) electrons. The minimum atomic E-state index is -1.08. The lowest BCUT2D eigenvalue weighted by molar-refractivity contribution is -0.142. The van der Waals surface area contributed by atoms with Crippen LogP contribution in [0.3, 0.4) is 0 Å². The summed E-state index contributed by atoms with van der Waals surface area (Å²) in [7, 11) is 0. The third kappa shape index (κ3) is 6.53. The van der Waals surface area contributed by atoms with Crippen molar-refractivity contribution in [1.29, 1.82) is 0 Å². The number of carbonyl (C=O) groups excluding carboxylic acids is 2. The summed E-state index contributed by atoms with van der Waals surface area (Å²) in [6.07, 6.45) is 0.593. The maximum Gasteiger partial charge on any atom is 0.326 e. The Balaban J connectivity index is 2.15. The van der Waals surface area contributed by atoms with Crippen LogP contribution in [0.25, 0.3) is 0 Å². The van der Waals surface area contributed by atoms with E-state index in [9.17, 15) is 19.5 Å². The van der Waals surface area contributed by atoms with Gasteiger partial charge in [0.25, 0.3) is 5.91 Å². The highest BCUT2D eigenvalue weighted by Gasteiger charge is 2.27. The van der Waals surface area contributed by atoms with E-state index in [0.29, 0.717) is 11.3 Å². The van der Waals surface area contributed by atoms with E-state index in [1.807, 2.05) is 44.2 Å². The highest BCUT2D eigenvalue weighted by atomic mass is 32.1. The molecule has 0 aliphatic rings. The largest absolute Gasteiger partial charge is 0.480 e. The number of aliphatic carboxylic acids is 1. The summed E-state index contributed by atoms with van der Waals surface area (Å²) in [4.78, 5) is 37.1. The molecule has 1 unspecified atom stereocenters. The molecule has 0 saturated carbocycles. The number of nitrogens with one attached hydrogen (secondary N) is 2. The van der Waals surface area contributed by atoms with Crippen LogP contribution in [0.4, 0.5) is 0 Å². The first-order valence-electron chi connectivity index (χ1n) is 8.78. The molecule has 0 aliphatic heterocycles. The van der Waals surface area contributed by atoms with Gasteiger partial charge < -0.3 is 15.7 Å². The van der Waals surface area contributed by atoms with Gasteiger partial charge in [0, 0.05) is 6.42 Å². The first-order valence-corrected chi connectivity index (χ1v) is 9.66. The van der Waals surface area contributed by atoms with Crippen LogP contribution in [-0.2, 0) is 16.0 Å². The van der Waals surface area contributed by atoms with Crippen molar-refractivity contribution >= 4 is 29.1 Å². The number of carboxylic acids is 1. The molecule has 0 spiro atoms. The quantitative estimate of drug-likeness (QED) is 0.615. The SMILES string of the molecule is CC(C)C[C@@H](NC(=O)C(Cc1ccccc1)NC(=O)c1cccs1)C(=O)O. The number of benzene rings is 1. The Morgan fingerprint density at radius 2 is 1.70 bits per heavy atom. The molecular formula is C20H24N2O4S. The standard InChI is InChI=1S/C20H24N2O4S/c1-13(2)11-16(20(25)26)22-18(23)15(12-14-7-4-3-5-8-14)21-19(24)17-9-6-10-27-17/h3-10,13,15-16H,11-12H2,1-2H3,(H,21,24)(H,22,23)(H,25,26)/t15?,16-/m1/s1. The lowest BCUT2D eigenvalue weighted by Gasteiger charge is -2.22. The highest BCUT2D eigenvalue weighted by molar-refractivity contribution is 7.12. The average Bonchev–Trinajstić information content (AvgIpc) is 3.15. The molecule has 1 aromatic heterocycles. The van der Waals surface area contributed by atoms with E-state index in [2.05, 4.69) is 10.6 Å². The van der Waals surface area contributed by atoms with Crippen molar-refractivity contribution in [2.45, 2.75) is 38.8 Å². The van der Waals surface area contributed by atoms with E-state index in [-0.39, 0.29) is 18.2 Å². The molecule has 7 heteroatoms. The third-order valence-electron chi connectivity index (χ3n) is 3.97. The van der Waals surface area contributed by atoms with Crippen LogP contribution >= 0.6 is 11.3 Å². The van der Waals surface area contributed by atoms with E-state index in [1.54, 1.807) is 17.5 Å². The fourth-order valence-electron chi connectivity index (χ4n) is 2.66. The maximum atomic E-state index is 12.8. The molecule has 0 fully saturated rings. The van der Waals surface area contributed by atoms with Crippen LogP contribution in [0, 0.1) is 5.92 Å². The molecule has 6 nitrogen and oxygen atoms in total. The van der Waals surface area contributed by atoms with Crippen molar-refractivity contribution in [2.75, 3.05) is 0 Å². The second-order valence-corrected chi connectivity index (χ2v) is 7.67. The zero-order valence-corrected chi connectivity index (χ0v) is 16.2. The van der Waals surface area contributed by atoms with Gasteiger partial charge in [0.15, 0.2) is 0 Å². The summed E-state index contributed by atoms with van der Waals surface area (Å²) in [5, 5.41) is 16.5. The molecule has 0 saturated heterocycles. The van der Waals surface area contributed by atoms with Gasteiger partial charge in [-0.15, -0.1) is 11.3 Å². The molecule has 3 N–H and O–H groups in total. The number of carboxylic acid groups (broad SMARTS) is 1. The van der Waals surface area contributed by atoms with Gasteiger partial charge in [-0.25, -0.2) is 4.79 Å². The minimum absolute atomic E-state index is 0.111. The summed E-state index contributed by atoms with van der Waals surface area (Å²) in [5.41, 5.74) is 0.875. The van der Waals surface area contributed by atoms with Gasteiger partial charge in [0.05, 0.1) is 4.88 Å². The zero-order valence-electron chi connectivity index (χ0n) is 15.3. The number of hydrogen-bond acceptors (Lipinski definition) is 4. The smallest absolute Gasteiger partial charge is 0.326 e. The average molecular weight is 388 g/mol. The lowest BCUT2D eigenvalue weighted by Crippen LogP contribution is -2.52. The van der Waals surface area contributed by atoms with E-state index in [4.69, 9.17) is 0 Å². The Bertz CT molecular complexity index is 760. The number of thiophene rings is 1. The second kappa shape index (κ2) is 9.87. The summed E-state index contributed by atoms with van der Waals surface area (Å²) in [6.45, 7) is 3.78. The number of carbonyl (C=O) groups is 3. The Morgan fingerprint density at radius 3 is 2.26 bits per heavy atom. The van der Waals surface area contributed by atoms with Crippen LogP contribution in [0.15, 0.2) is 47.8 Å². The molecule has 2 amide bonds. The Labute approximate surface area is 162 Å². The van der Waals surface area contributed by atoms with Crippen molar-refractivity contribution in [3.63, 3.8) is 0 Å². The molecule has 1 heterocycles. The van der Waals surface area contributed by atoms with Crippen molar-refractivity contribution in [3.05, 3.63) is 58.3 Å². The Morgan fingerprint density at radius 1 is 1.00 bits per heavy atom. The van der Waals surface area contributed by atoms with Crippen LogP contribution in [0.1, 0.15) is 35.5 Å². The molecular weight excluding hydrogens is 364 g/mol. The van der Waals surface area contributed by atoms with Crippen LogP contribution in [0.5, 0.6) is 0 Å². The molecule has 0 aliphatic carbocycles. The molecule has 2 rings (SSSR count). The van der Waals surface area contributed by atoms with Crippen molar-refractivity contribution in [1.82, 2.24) is 10.6 Å². The van der Waals surface area contributed by atoms with E-state index < -0.39 is 24.0 Å². The molecule has 1 aromatic carbocycles. The van der Waals surface area contributed by atoms with Gasteiger partial charge in [-0.2, -0.15) is 0 Å². The van der Waals surface area contributed by atoms with E-state index in [0.717, 1.165) is 5.56 Å². The number of rotatable bonds is 9. The fourth-order valence-corrected chi connectivity index (χ4v) is 3.29. The summed E-state index contributed by atoms with van der Waals surface area (Å²) >= 11 is 1.28. The first-order chi connectivity index (χ1) is 12.9. The Hall–Kier alpha value is -2.67. The highest BCUT2D eigenvalue weighted by Crippen LogP contribution is 2.11. The second-order valence-electron chi connectivity index (χ2n) is 6.72. The van der Waals surface area contributed by atoms with Gasteiger partial charge in [-0.3, -0.25) is 9.59 Å².